The Morgan fingerprint density at radius 3 is 2.50 bits per heavy atom. The van der Waals surface area contributed by atoms with Crippen molar-refractivity contribution in [3.05, 3.63) is 62.4 Å². The second-order valence-corrected chi connectivity index (χ2v) is 9.57. The molecule has 4 aromatic rings. The largest absolute Gasteiger partial charge is 0.482 e. The molecule has 9 heteroatoms. The van der Waals surface area contributed by atoms with Crippen LogP contribution in [0.2, 0.25) is 10.0 Å². The van der Waals surface area contributed by atoms with Crippen LogP contribution in [0.3, 0.4) is 0 Å². The summed E-state index contributed by atoms with van der Waals surface area (Å²) in [6, 6.07) is 7.33. The summed E-state index contributed by atoms with van der Waals surface area (Å²) in [6.45, 7) is 9.56. The average Bonchev–Trinajstić information content (AvgIpc) is 3.26. The summed E-state index contributed by atoms with van der Waals surface area (Å²) >= 11 is 13.7. The second-order valence-electron chi connectivity index (χ2n) is 7.75. The SMILES string of the molecule is Cc1cc(C)n(-c2nc3cc(C)c(NC(=O)COc4c(C)cc(Cl)cc4Cl)c(C)c3s2)n1. The molecule has 2 heterocycles. The molecule has 1 amide bonds. The fraction of sp³-hybridized carbons (Fsp3) is 0.261. The first-order valence-electron chi connectivity index (χ1n) is 9.96. The van der Waals surface area contributed by atoms with Crippen LogP contribution in [-0.4, -0.2) is 27.3 Å². The number of anilines is 1. The lowest BCUT2D eigenvalue weighted by Crippen LogP contribution is -2.21. The van der Waals surface area contributed by atoms with Gasteiger partial charge in [0, 0.05) is 16.4 Å². The molecule has 2 aromatic carbocycles. The van der Waals surface area contributed by atoms with E-state index in [1.54, 1.807) is 23.5 Å². The maximum Gasteiger partial charge on any atom is 0.262 e. The van der Waals surface area contributed by atoms with Gasteiger partial charge >= 0.3 is 0 Å². The van der Waals surface area contributed by atoms with Crippen molar-refractivity contribution in [1.29, 1.82) is 0 Å². The van der Waals surface area contributed by atoms with E-state index in [-0.39, 0.29) is 12.5 Å². The van der Waals surface area contributed by atoms with Crippen molar-refractivity contribution in [3.8, 4) is 10.9 Å². The van der Waals surface area contributed by atoms with Gasteiger partial charge in [0.15, 0.2) is 6.61 Å². The highest BCUT2D eigenvalue weighted by Crippen LogP contribution is 2.35. The first-order valence-corrected chi connectivity index (χ1v) is 11.5. The van der Waals surface area contributed by atoms with E-state index >= 15 is 0 Å². The van der Waals surface area contributed by atoms with E-state index in [0.29, 0.717) is 15.8 Å². The standard InChI is InChI=1S/C23H22Cl2N4O2S/c1-11-7-18-22(32-23(26-18)29-14(4)8-13(3)28-29)15(5)20(11)27-19(30)10-31-21-12(2)6-16(24)9-17(21)25/h6-9H,10H2,1-5H3,(H,27,30). The van der Waals surface area contributed by atoms with E-state index < -0.39 is 0 Å². The van der Waals surface area contributed by atoms with Gasteiger partial charge in [-0.3, -0.25) is 4.79 Å². The molecule has 6 nitrogen and oxygen atoms in total. The maximum absolute atomic E-state index is 12.7. The molecular weight excluding hydrogens is 467 g/mol. The Morgan fingerprint density at radius 1 is 1.09 bits per heavy atom. The van der Waals surface area contributed by atoms with Crippen molar-refractivity contribution in [2.45, 2.75) is 34.6 Å². The Bertz CT molecular complexity index is 1340. The van der Waals surface area contributed by atoms with E-state index in [2.05, 4.69) is 10.4 Å². The number of aryl methyl sites for hydroxylation is 5. The van der Waals surface area contributed by atoms with E-state index in [0.717, 1.165) is 49.1 Å². The molecular formula is C23H22Cl2N4O2S. The van der Waals surface area contributed by atoms with Crippen LogP contribution in [0.1, 0.15) is 28.1 Å². The van der Waals surface area contributed by atoms with Crippen LogP contribution >= 0.6 is 34.5 Å². The van der Waals surface area contributed by atoms with Crippen molar-refractivity contribution >= 4 is 56.3 Å². The van der Waals surface area contributed by atoms with Gasteiger partial charge in [0.2, 0.25) is 5.13 Å². The molecule has 0 aliphatic carbocycles. The smallest absolute Gasteiger partial charge is 0.262 e. The number of ether oxygens (including phenoxy) is 1. The first-order chi connectivity index (χ1) is 15.1. The van der Waals surface area contributed by atoms with Crippen molar-refractivity contribution in [1.82, 2.24) is 14.8 Å². The Morgan fingerprint density at radius 2 is 1.84 bits per heavy atom. The third kappa shape index (κ3) is 4.33. The third-order valence-corrected chi connectivity index (χ3v) is 6.77. The van der Waals surface area contributed by atoms with Crippen LogP contribution in [0.25, 0.3) is 15.3 Å². The highest BCUT2D eigenvalue weighted by atomic mass is 35.5. The van der Waals surface area contributed by atoms with E-state index in [1.165, 1.54) is 0 Å². The fourth-order valence-corrected chi connectivity index (χ4v) is 5.38. The molecule has 0 aliphatic heterocycles. The lowest BCUT2D eigenvalue weighted by atomic mass is 10.1. The number of benzene rings is 2. The quantitative estimate of drug-likeness (QED) is 0.355. The van der Waals surface area contributed by atoms with Crippen LogP contribution in [-0.2, 0) is 4.79 Å². The number of hydrogen-bond acceptors (Lipinski definition) is 5. The highest BCUT2D eigenvalue weighted by molar-refractivity contribution is 7.21. The highest BCUT2D eigenvalue weighted by Gasteiger charge is 2.17. The number of carbonyl (C=O) groups excluding carboxylic acids is 1. The number of nitrogens with zero attached hydrogens (tertiary/aromatic N) is 3. The molecule has 0 saturated heterocycles. The van der Waals surface area contributed by atoms with Gasteiger partial charge in [0.25, 0.3) is 5.91 Å². The average molecular weight is 489 g/mol. The zero-order valence-corrected chi connectivity index (χ0v) is 20.7. The Hall–Kier alpha value is -2.61. The number of fused-ring (bicyclic) bond motifs is 1. The number of hydrogen-bond donors (Lipinski definition) is 1. The number of amides is 1. The Balaban J connectivity index is 1.58. The molecule has 0 aliphatic rings. The summed E-state index contributed by atoms with van der Waals surface area (Å²) in [6.07, 6.45) is 0. The lowest BCUT2D eigenvalue weighted by Gasteiger charge is -2.14. The van der Waals surface area contributed by atoms with Crippen LogP contribution in [0, 0.1) is 34.6 Å². The van der Waals surface area contributed by atoms with E-state index in [1.807, 2.05) is 51.4 Å². The maximum atomic E-state index is 12.7. The zero-order valence-electron chi connectivity index (χ0n) is 18.3. The van der Waals surface area contributed by atoms with Gasteiger partial charge in [0.05, 0.1) is 20.9 Å². The second kappa shape index (κ2) is 8.73. The lowest BCUT2D eigenvalue weighted by molar-refractivity contribution is -0.118. The molecule has 0 unspecified atom stereocenters. The van der Waals surface area contributed by atoms with Crippen LogP contribution < -0.4 is 10.1 Å². The Labute approximate surface area is 200 Å². The first kappa shape index (κ1) is 22.6. The van der Waals surface area contributed by atoms with Gasteiger partial charge < -0.3 is 10.1 Å². The summed E-state index contributed by atoms with van der Waals surface area (Å²) in [7, 11) is 0. The number of thiazole rings is 1. The molecule has 0 fully saturated rings. The topological polar surface area (TPSA) is 69.0 Å². The molecule has 0 spiro atoms. The van der Waals surface area contributed by atoms with Crippen molar-refractivity contribution in [2.24, 2.45) is 0 Å². The Kier molecular flexibility index (Phi) is 6.16. The van der Waals surface area contributed by atoms with E-state index in [4.69, 9.17) is 32.9 Å². The number of rotatable bonds is 5. The van der Waals surface area contributed by atoms with Crippen LogP contribution in [0.5, 0.6) is 5.75 Å². The molecule has 0 bridgehead atoms. The predicted molar refractivity (Wildman–Crippen MR) is 131 cm³/mol. The summed E-state index contributed by atoms with van der Waals surface area (Å²) in [5.74, 6) is 0.177. The number of nitrogens with one attached hydrogen (secondary N) is 1. The molecule has 32 heavy (non-hydrogen) atoms. The van der Waals surface area contributed by atoms with Gasteiger partial charge in [0.1, 0.15) is 5.75 Å². The van der Waals surface area contributed by atoms with Gasteiger partial charge in [-0.2, -0.15) is 5.10 Å². The molecule has 0 radical (unpaired) electrons. The van der Waals surface area contributed by atoms with Gasteiger partial charge in [-0.05, 0) is 75.6 Å². The minimum Gasteiger partial charge on any atom is -0.482 e. The van der Waals surface area contributed by atoms with E-state index in [9.17, 15) is 4.79 Å². The van der Waals surface area contributed by atoms with Crippen molar-refractivity contribution < 1.29 is 9.53 Å². The zero-order chi connectivity index (χ0) is 23.2. The van der Waals surface area contributed by atoms with Gasteiger partial charge in [-0.25, -0.2) is 9.67 Å². The molecule has 0 saturated carbocycles. The normalized spacial score (nSPS) is 11.2. The molecule has 1 N–H and O–H groups in total. The fourth-order valence-electron chi connectivity index (χ4n) is 3.66. The summed E-state index contributed by atoms with van der Waals surface area (Å²) in [4.78, 5) is 17.4. The van der Waals surface area contributed by atoms with Crippen molar-refractivity contribution in [3.63, 3.8) is 0 Å². The van der Waals surface area contributed by atoms with Crippen LogP contribution in [0.4, 0.5) is 5.69 Å². The number of aromatic nitrogens is 3. The predicted octanol–water partition coefficient (Wildman–Crippen LogP) is 6.35. The molecule has 166 valence electrons. The minimum absolute atomic E-state index is 0.168. The minimum atomic E-state index is -0.274. The monoisotopic (exact) mass is 488 g/mol. The summed E-state index contributed by atoms with van der Waals surface area (Å²) in [5.41, 5.74) is 6.26. The van der Waals surface area contributed by atoms with Crippen molar-refractivity contribution in [2.75, 3.05) is 11.9 Å². The molecule has 2 aromatic heterocycles. The number of halogens is 2. The summed E-state index contributed by atoms with van der Waals surface area (Å²) < 4.78 is 8.53. The summed E-state index contributed by atoms with van der Waals surface area (Å²) in [5, 5.41) is 9.20. The third-order valence-electron chi connectivity index (χ3n) is 5.10. The molecule has 4 rings (SSSR count). The number of carbonyl (C=O) groups is 1. The van der Waals surface area contributed by atoms with Crippen LogP contribution in [0.15, 0.2) is 24.3 Å². The van der Waals surface area contributed by atoms with Gasteiger partial charge in [-0.1, -0.05) is 34.5 Å². The van der Waals surface area contributed by atoms with Gasteiger partial charge in [-0.15, -0.1) is 0 Å². The molecule has 0 atom stereocenters.